The Bertz CT molecular complexity index is 638. The van der Waals surface area contributed by atoms with Crippen molar-refractivity contribution in [3.05, 3.63) is 12.2 Å². The Balaban J connectivity index is 0.00000338. The molecule has 0 aromatic rings. The summed E-state index contributed by atoms with van der Waals surface area (Å²) in [7, 11) is -1.28. The molecule has 2 saturated heterocycles. The highest BCUT2D eigenvalue weighted by molar-refractivity contribution is 14.0. The third-order valence-corrected chi connectivity index (χ3v) is 6.26. The highest BCUT2D eigenvalue weighted by Gasteiger charge is 2.30. The van der Waals surface area contributed by atoms with E-state index in [1.165, 1.54) is 0 Å². The van der Waals surface area contributed by atoms with Crippen LogP contribution in [0, 0.1) is 5.92 Å². The molecule has 2 aliphatic heterocycles. The van der Waals surface area contributed by atoms with Gasteiger partial charge in [0.1, 0.15) is 0 Å². The number of hydrogen-bond donors (Lipinski definition) is 3. The number of carbonyl (C=O) groups excluding carboxylic acids is 1. The number of hydrogen-bond acceptors (Lipinski definition) is 4. The third kappa shape index (κ3) is 7.29. The summed E-state index contributed by atoms with van der Waals surface area (Å²) in [5.74, 6) is 1.41. The molecule has 26 heavy (non-hydrogen) atoms. The predicted molar refractivity (Wildman–Crippen MR) is 115 cm³/mol. The van der Waals surface area contributed by atoms with Crippen molar-refractivity contribution >= 4 is 45.8 Å². The maximum Gasteiger partial charge on any atom is 0.314 e. The number of nitrogens with one attached hydrogen (secondary N) is 3. The number of halogens is 1. The van der Waals surface area contributed by atoms with Gasteiger partial charge >= 0.3 is 6.03 Å². The molecule has 0 aromatic carbocycles. The number of likely N-dealkylation sites (tertiary alicyclic amines) is 1. The number of urea groups is 1. The van der Waals surface area contributed by atoms with Gasteiger partial charge in [-0.1, -0.05) is 12.2 Å². The zero-order valence-electron chi connectivity index (χ0n) is 15.5. The molecule has 150 valence electrons. The normalized spacial score (nSPS) is 24.7. The van der Waals surface area contributed by atoms with Gasteiger partial charge in [-0.05, 0) is 25.7 Å². The van der Waals surface area contributed by atoms with Crippen molar-refractivity contribution in [2.75, 3.05) is 44.7 Å². The van der Waals surface area contributed by atoms with Gasteiger partial charge in [-0.25, -0.2) is 18.2 Å². The maximum absolute atomic E-state index is 11.6. The standard InChI is InChI=1S/C16H29N5O3S.HI/c1-12(2)8-18-15(19-9-13-5-7-25(23,24)11-13)21-6-4-14(10-21)20-16(22)17-3;/h13-14H,1,4-11H2,2-3H3,(H,18,19)(H2,17,20,22);1H. The zero-order valence-corrected chi connectivity index (χ0v) is 18.6. The Morgan fingerprint density at radius 3 is 2.65 bits per heavy atom. The molecule has 3 N–H and O–H groups in total. The molecule has 8 nitrogen and oxygen atoms in total. The fraction of sp³-hybridized carbons (Fsp3) is 0.750. The minimum absolute atomic E-state index is 0. The molecule has 2 aliphatic rings. The van der Waals surface area contributed by atoms with Crippen LogP contribution in [0.4, 0.5) is 4.79 Å². The van der Waals surface area contributed by atoms with Gasteiger partial charge in [0.15, 0.2) is 15.8 Å². The molecule has 2 rings (SSSR count). The fourth-order valence-electron chi connectivity index (χ4n) is 3.07. The molecule has 0 radical (unpaired) electrons. The second-order valence-electron chi connectivity index (χ2n) is 6.90. The molecule has 2 unspecified atom stereocenters. The van der Waals surface area contributed by atoms with E-state index >= 15 is 0 Å². The smallest absolute Gasteiger partial charge is 0.314 e. The van der Waals surface area contributed by atoms with E-state index in [4.69, 9.17) is 0 Å². The lowest BCUT2D eigenvalue weighted by atomic mass is 10.1. The van der Waals surface area contributed by atoms with Crippen LogP contribution < -0.4 is 16.0 Å². The van der Waals surface area contributed by atoms with Crippen LogP contribution in [0.2, 0.25) is 0 Å². The molecule has 0 spiro atoms. The summed E-state index contributed by atoms with van der Waals surface area (Å²) in [4.78, 5) is 18.2. The monoisotopic (exact) mass is 499 g/mol. The summed E-state index contributed by atoms with van der Waals surface area (Å²) < 4.78 is 23.2. The van der Waals surface area contributed by atoms with Gasteiger partial charge in [0.2, 0.25) is 0 Å². The number of amides is 2. The largest absolute Gasteiger partial charge is 0.356 e. The van der Waals surface area contributed by atoms with Crippen molar-refractivity contribution in [1.82, 2.24) is 20.9 Å². The van der Waals surface area contributed by atoms with E-state index in [-0.39, 0.29) is 53.5 Å². The Kier molecular flexibility index (Phi) is 9.14. The number of guanidine groups is 1. The number of nitrogens with zero attached hydrogens (tertiary/aromatic N) is 2. The first kappa shape index (κ1) is 23.0. The maximum atomic E-state index is 11.6. The molecule has 0 bridgehead atoms. The molecule has 10 heteroatoms. The van der Waals surface area contributed by atoms with E-state index in [9.17, 15) is 13.2 Å². The van der Waals surface area contributed by atoms with Crippen LogP contribution in [0.25, 0.3) is 0 Å². The van der Waals surface area contributed by atoms with Gasteiger partial charge in [0.05, 0.1) is 18.1 Å². The molecule has 0 aromatic heterocycles. The molecule has 2 heterocycles. The van der Waals surface area contributed by atoms with Crippen LogP contribution >= 0.6 is 24.0 Å². The lowest BCUT2D eigenvalue weighted by Crippen LogP contribution is -2.46. The third-order valence-electron chi connectivity index (χ3n) is 4.42. The van der Waals surface area contributed by atoms with E-state index in [1.807, 2.05) is 6.92 Å². The summed E-state index contributed by atoms with van der Waals surface area (Å²) >= 11 is 0. The second kappa shape index (κ2) is 10.3. The Labute approximate surface area is 173 Å². The van der Waals surface area contributed by atoms with Gasteiger partial charge < -0.3 is 20.9 Å². The van der Waals surface area contributed by atoms with E-state index < -0.39 is 9.84 Å². The van der Waals surface area contributed by atoms with Crippen molar-refractivity contribution in [2.24, 2.45) is 10.9 Å². The highest BCUT2D eigenvalue weighted by Crippen LogP contribution is 2.18. The molecule has 2 fully saturated rings. The number of aliphatic imine (C=N–C) groups is 1. The van der Waals surface area contributed by atoms with Gasteiger partial charge in [0, 0.05) is 32.7 Å². The average molecular weight is 499 g/mol. The topological polar surface area (TPSA) is 103 Å². The van der Waals surface area contributed by atoms with E-state index in [1.54, 1.807) is 7.05 Å². The van der Waals surface area contributed by atoms with Gasteiger partial charge in [-0.2, -0.15) is 0 Å². The van der Waals surface area contributed by atoms with Crippen molar-refractivity contribution in [2.45, 2.75) is 25.8 Å². The molecular weight excluding hydrogens is 469 g/mol. The lowest BCUT2D eigenvalue weighted by molar-refractivity contribution is 0.239. The minimum atomic E-state index is -2.88. The Morgan fingerprint density at radius 2 is 2.08 bits per heavy atom. The second-order valence-corrected chi connectivity index (χ2v) is 9.13. The highest BCUT2D eigenvalue weighted by atomic mass is 127. The molecule has 0 saturated carbocycles. The molecule has 0 aliphatic carbocycles. The first-order valence-electron chi connectivity index (χ1n) is 8.65. The lowest BCUT2D eigenvalue weighted by Gasteiger charge is -2.23. The molecule has 2 amide bonds. The van der Waals surface area contributed by atoms with Crippen molar-refractivity contribution in [3.63, 3.8) is 0 Å². The summed E-state index contributed by atoms with van der Waals surface area (Å²) in [5, 5.41) is 8.80. The number of rotatable bonds is 5. The van der Waals surface area contributed by atoms with Gasteiger partial charge in [-0.3, -0.25) is 0 Å². The Morgan fingerprint density at radius 1 is 1.35 bits per heavy atom. The quantitative estimate of drug-likeness (QED) is 0.222. The summed E-state index contributed by atoms with van der Waals surface area (Å²) in [6.07, 6.45) is 1.54. The van der Waals surface area contributed by atoms with E-state index in [0.29, 0.717) is 26.1 Å². The fourth-order valence-corrected chi connectivity index (χ4v) is 4.94. The summed E-state index contributed by atoms with van der Waals surface area (Å²) in [6.45, 7) is 8.39. The van der Waals surface area contributed by atoms with E-state index in [2.05, 4.69) is 32.4 Å². The van der Waals surface area contributed by atoms with Gasteiger partial charge in [0.25, 0.3) is 0 Å². The SMILES string of the molecule is C=C(C)CN=C(NCC1CCS(=O)(=O)C1)N1CCC(NC(=O)NC)C1.I. The predicted octanol–water partition coefficient (Wildman–Crippen LogP) is 0.564. The first-order valence-corrected chi connectivity index (χ1v) is 10.5. The van der Waals surface area contributed by atoms with Crippen LogP contribution in [-0.2, 0) is 9.84 Å². The molecular formula is C16H30IN5O3S. The summed E-state index contributed by atoms with van der Waals surface area (Å²) in [6, 6.07) is -0.111. The van der Waals surface area contributed by atoms with Crippen LogP contribution in [0.5, 0.6) is 0 Å². The minimum Gasteiger partial charge on any atom is -0.356 e. The number of carbonyl (C=O) groups is 1. The van der Waals surface area contributed by atoms with Crippen molar-refractivity contribution in [1.29, 1.82) is 0 Å². The van der Waals surface area contributed by atoms with Gasteiger partial charge in [-0.15, -0.1) is 24.0 Å². The summed E-state index contributed by atoms with van der Waals surface area (Å²) in [5.41, 5.74) is 0.960. The van der Waals surface area contributed by atoms with Crippen molar-refractivity contribution < 1.29 is 13.2 Å². The van der Waals surface area contributed by atoms with E-state index in [0.717, 1.165) is 24.5 Å². The first-order chi connectivity index (χ1) is 11.8. The van der Waals surface area contributed by atoms with Crippen LogP contribution in [0.3, 0.4) is 0 Å². The van der Waals surface area contributed by atoms with Crippen molar-refractivity contribution in [3.8, 4) is 0 Å². The Hall–Kier alpha value is -1.04. The van der Waals surface area contributed by atoms with Crippen LogP contribution in [0.1, 0.15) is 19.8 Å². The van der Waals surface area contributed by atoms with Crippen LogP contribution in [-0.4, -0.2) is 76.1 Å². The number of sulfone groups is 1. The average Bonchev–Trinajstić information content (AvgIpc) is 3.13. The zero-order chi connectivity index (χ0) is 18.4. The van der Waals surface area contributed by atoms with Crippen LogP contribution in [0.15, 0.2) is 17.1 Å². The molecule has 2 atom stereocenters.